The van der Waals surface area contributed by atoms with Crippen LogP contribution < -0.4 is 10.9 Å². The molecule has 2 heterocycles. The van der Waals surface area contributed by atoms with Gasteiger partial charge >= 0.3 is 0 Å². The fourth-order valence-electron chi connectivity index (χ4n) is 2.46. The Bertz CT molecular complexity index is 1010. The molecule has 0 aliphatic carbocycles. The van der Waals surface area contributed by atoms with Crippen LogP contribution in [-0.2, 0) is 13.6 Å². The summed E-state index contributed by atoms with van der Waals surface area (Å²) in [4.78, 5) is 20.1. The normalized spacial score (nSPS) is 11.3. The number of aryl methyl sites for hydroxylation is 1. The molecule has 0 bridgehead atoms. The minimum absolute atomic E-state index is 0.0427. The predicted molar refractivity (Wildman–Crippen MR) is 91.2 cm³/mol. The number of pyridine rings is 1. The SMILES string of the molecule is Cn1c(=O)c(Br)cc2c(NCc3cccc(C(F)F)c3F)ncnc21. The van der Waals surface area contributed by atoms with Gasteiger partial charge in [-0.05, 0) is 22.0 Å². The van der Waals surface area contributed by atoms with E-state index in [9.17, 15) is 18.0 Å². The van der Waals surface area contributed by atoms with E-state index in [1.54, 1.807) is 13.1 Å². The zero-order valence-electron chi connectivity index (χ0n) is 12.9. The average Bonchev–Trinajstić information content (AvgIpc) is 2.59. The van der Waals surface area contributed by atoms with Gasteiger partial charge in [-0.1, -0.05) is 18.2 Å². The van der Waals surface area contributed by atoms with Crippen LogP contribution in [0.15, 0.2) is 39.9 Å². The predicted octanol–water partition coefficient (Wildman–Crippen LogP) is 3.78. The molecule has 5 nitrogen and oxygen atoms in total. The maximum Gasteiger partial charge on any atom is 0.266 e. The van der Waals surface area contributed by atoms with Gasteiger partial charge in [0.05, 0.1) is 15.4 Å². The smallest absolute Gasteiger partial charge is 0.266 e. The van der Waals surface area contributed by atoms with Crippen LogP contribution in [0.5, 0.6) is 0 Å². The van der Waals surface area contributed by atoms with Gasteiger partial charge in [0.1, 0.15) is 23.6 Å². The molecule has 0 atom stereocenters. The van der Waals surface area contributed by atoms with Gasteiger partial charge in [0, 0.05) is 19.2 Å². The molecular weight excluding hydrogens is 401 g/mol. The highest BCUT2D eigenvalue weighted by Crippen LogP contribution is 2.25. The molecule has 25 heavy (non-hydrogen) atoms. The van der Waals surface area contributed by atoms with Crippen LogP contribution in [0.4, 0.5) is 19.0 Å². The number of nitrogens with one attached hydrogen (secondary N) is 1. The van der Waals surface area contributed by atoms with Gasteiger partial charge in [0.15, 0.2) is 0 Å². The van der Waals surface area contributed by atoms with Gasteiger partial charge in [-0.2, -0.15) is 0 Å². The second-order valence-corrected chi connectivity index (χ2v) is 6.14. The van der Waals surface area contributed by atoms with Crippen molar-refractivity contribution in [3.8, 4) is 0 Å². The molecule has 0 aliphatic heterocycles. The second-order valence-electron chi connectivity index (χ2n) is 5.29. The number of alkyl halides is 2. The number of hydrogen-bond acceptors (Lipinski definition) is 4. The minimum atomic E-state index is -2.88. The molecule has 0 saturated heterocycles. The summed E-state index contributed by atoms with van der Waals surface area (Å²) in [5, 5.41) is 3.46. The lowest BCUT2D eigenvalue weighted by atomic mass is 10.1. The third-order valence-corrected chi connectivity index (χ3v) is 4.32. The Morgan fingerprint density at radius 1 is 1.32 bits per heavy atom. The molecular formula is C16H12BrF3N4O. The number of rotatable bonds is 4. The van der Waals surface area contributed by atoms with Crippen molar-refractivity contribution < 1.29 is 13.2 Å². The van der Waals surface area contributed by atoms with Crippen molar-refractivity contribution in [3.63, 3.8) is 0 Å². The highest BCUT2D eigenvalue weighted by Gasteiger charge is 2.16. The zero-order valence-corrected chi connectivity index (χ0v) is 14.5. The number of nitrogens with zero attached hydrogens (tertiary/aromatic N) is 3. The van der Waals surface area contributed by atoms with Gasteiger partial charge in [-0.15, -0.1) is 0 Å². The summed E-state index contributed by atoms with van der Waals surface area (Å²) in [7, 11) is 1.57. The van der Waals surface area contributed by atoms with Crippen molar-refractivity contribution >= 4 is 32.8 Å². The summed E-state index contributed by atoms with van der Waals surface area (Å²) in [6, 6.07) is 5.41. The molecule has 1 N–H and O–H groups in total. The van der Waals surface area contributed by atoms with Crippen LogP contribution in [0.2, 0.25) is 0 Å². The van der Waals surface area contributed by atoms with E-state index in [1.165, 1.54) is 23.0 Å². The Kier molecular flexibility index (Phi) is 4.76. The molecule has 0 saturated carbocycles. The molecule has 9 heteroatoms. The monoisotopic (exact) mass is 412 g/mol. The molecule has 3 aromatic rings. The van der Waals surface area contributed by atoms with Crippen molar-refractivity contribution in [2.75, 3.05) is 5.32 Å². The molecule has 130 valence electrons. The molecule has 0 amide bonds. The number of anilines is 1. The van der Waals surface area contributed by atoms with Crippen LogP contribution in [0, 0.1) is 5.82 Å². The molecule has 0 aliphatic rings. The first-order valence-corrected chi connectivity index (χ1v) is 7.99. The Balaban J connectivity index is 1.98. The van der Waals surface area contributed by atoms with Gasteiger partial charge in [0.25, 0.3) is 12.0 Å². The van der Waals surface area contributed by atoms with E-state index in [1.807, 2.05) is 0 Å². The van der Waals surface area contributed by atoms with E-state index in [0.717, 1.165) is 6.07 Å². The molecule has 2 aromatic heterocycles. The van der Waals surface area contributed by atoms with E-state index < -0.39 is 17.8 Å². The van der Waals surface area contributed by atoms with Crippen molar-refractivity contribution in [1.29, 1.82) is 0 Å². The van der Waals surface area contributed by atoms with Crippen LogP contribution in [-0.4, -0.2) is 14.5 Å². The molecule has 0 radical (unpaired) electrons. The summed E-state index contributed by atoms with van der Waals surface area (Å²) in [5.41, 5.74) is -0.411. The van der Waals surface area contributed by atoms with Crippen LogP contribution in [0.25, 0.3) is 11.0 Å². The van der Waals surface area contributed by atoms with E-state index >= 15 is 0 Å². The van der Waals surface area contributed by atoms with Crippen LogP contribution in [0.3, 0.4) is 0 Å². The molecule has 0 fully saturated rings. The standard InChI is InChI=1S/C16H12BrF3N4O/c1-24-15-10(5-11(17)16(24)25)14(22-7-23-15)21-6-8-3-2-4-9(12(8)18)13(19)20/h2-5,7,13H,6H2,1H3,(H,21,22,23). The molecule has 3 rings (SSSR count). The van der Waals surface area contributed by atoms with Crippen LogP contribution in [0.1, 0.15) is 17.6 Å². The second kappa shape index (κ2) is 6.83. The summed E-state index contributed by atoms with van der Waals surface area (Å²) in [6.07, 6.45) is -1.62. The molecule has 0 spiro atoms. The third-order valence-electron chi connectivity index (χ3n) is 3.75. The number of halogens is 4. The lowest BCUT2D eigenvalue weighted by molar-refractivity contribution is 0.146. The Hall–Kier alpha value is -2.42. The first-order valence-electron chi connectivity index (χ1n) is 7.19. The highest BCUT2D eigenvalue weighted by atomic mass is 79.9. The summed E-state index contributed by atoms with van der Waals surface area (Å²) >= 11 is 3.17. The fraction of sp³-hybridized carbons (Fsp3) is 0.188. The van der Waals surface area contributed by atoms with E-state index in [2.05, 4.69) is 31.2 Å². The first kappa shape index (κ1) is 17.4. The van der Waals surface area contributed by atoms with Gasteiger partial charge in [-0.3, -0.25) is 9.36 Å². The largest absolute Gasteiger partial charge is 0.365 e. The Morgan fingerprint density at radius 2 is 2.08 bits per heavy atom. The molecule has 0 unspecified atom stereocenters. The lowest BCUT2D eigenvalue weighted by Gasteiger charge is -2.12. The average molecular weight is 413 g/mol. The Labute approximate surface area is 148 Å². The summed E-state index contributed by atoms with van der Waals surface area (Å²) in [6.45, 7) is -0.0427. The lowest BCUT2D eigenvalue weighted by Crippen LogP contribution is -2.19. The van der Waals surface area contributed by atoms with E-state index in [0.29, 0.717) is 21.3 Å². The number of benzene rings is 1. The number of hydrogen-bond donors (Lipinski definition) is 1. The van der Waals surface area contributed by atoms with E-state index in [-0.39, 0.29) is 17.7 Å². The first-order chi connectivity index (χ1) is 11.9. The van der Waals surface area contributed by atoms with Gasteiger partial charge in [0.2, 0.25) is 0 Å². The van der Waals surface area contributed by atoms with Crippen molar-refractivity contribution in [2.45, 2.75) is 13.0 Å². The maximum absolute atomic E-state index is 14.1. The maximum atomic E-state index is 14.1. The number of fused-ring (bicyclic) bond motifs is 1. The van der Waals surface area contributed by atoms with Crippen LogP contribution >= 0.6 is 15.9 Å². The van der Waals surface area contributed by atoms with E-state index in [4.69, 9.17) is 0 Å². The quantitative estimate of drug-likeness (QED) is 0.708. The topological polar surface area (TPSA) is 59.8 Å². The molecule has 1 aromatic carbocycles. The third kappa shape index (κ3) is 3.23. The van der Waals surface area contributed by atoms with Crippen molar-refractivity contribution in [2.24, 2.45) is 7.05 Å². The Morgan fingerprint density at radius 3 is 2.80 bits per heavy atom. The summed E-state index contributed by atoms with van der Waals surface area (Å²) < 4.78 is 41.4. The van der Waals surface area contributed by atoms with Crippen molar-refractivity contribution in [1.82, 2.24) is 14.5 Å². The highest BCUT2D eigenvalue weighted by molar-refractivity contribution is 9.10. The zero-order chi connectivity index (χ0) is 18.1. The fourth-order valence-corrected chi connectivity index (χ4v) is 2.95. The van der Waals surface area contributed by atoms with Gasteiger partial charge in [-0.25, -0.2) is 23.1 Å². The number of aromatic nitrogens is 3. The van der Waals surface area contributed by atoms with Gasteiger partial charge < -0.3 is 5.32 Å². The minimum Gasteiger partial charge on any atom is -0.365 e. The van der Waals surface area contributed by atoms with Crippen molar-refractivity contribution in [3.05, 3.63) is 62.4 Å². The summed E-state index contributed by atoms with van der Waals surface area (Å²) in [5.74, 6) is -0.583.